The van der Waals surface area contributed by atoms with Gasteiger partial charge in [-0.3, -0.25) is 9.59 Å². The largest absolute Gasteiger partial charge is 0.354 e. The van der Waals surface area contributed by atoms with Crippen LogP contribution in [0.2, 0.25) is 0 Å². The molecule has 0 saturated heterocycles. The molecule has 0 radical (unpaired) electrons. The topological polar surface area (TPSA) is 71.1 Å². The highest BCUT2D eigenvalue weighted by Crippen LogP contribution is 2.27. The van der Waals surface area contributed by atoms with Gasteiger partial charge in [0.25, 0.3) is 5.91 Å². The Morgan fingerprint density at radius 2 is 1.81 bits per heavy atom. The van der Waals surface area contributed by atoms with E-state index >= 15 is 0 Å². The third kappa shape index (κ3) is 4.96. The van der Waals surface area contributed by atoms with Crippen molar-refractivity contribution in [1.82, 2.24) is 15.6 Å². The molecule has 0 aliphatic heterocycles. The van der Waals surface area contributed by atoms with E-state index in [4.69, 9.17) is 0 Å². The van der Waals surface area contributed by atoms with Crippen molar-refractivity contribution in [2.24, 2.45) is 0 Å². The number of hydrogen-bond donors (Lipinski definition) is 2. The summed E-state index contributed by atoms with van der Waals surface area (Å²) in [6, 6.07) is 9.69. The highest BCUT2D eigenvalue weighted by molar-refractivity contribution is 7.20. The lowest BCUT2D eigenvalue weighted by atomic mass is 10.1. The molecular weight excluding hydrogens is 373 g/mol. The highest BCUT2D eigenvalue weighted by atomic mass is 32.1. The zero-order valence-electron chi connectivity index (χ0n) is 13.7. The molecule has 3 aromatic rings. The minimum atomic E-state index is -0.332. The summed E-state index contributed by atoms with van der Waals surface area (Å²) in [4.78, 5) is 29.3. The maximum Gasteiger partial charge on any atom is 0.270 e. The standard InChI is InChI=1S/C18H16FN3O2S2/c19-13-5-3-12(4-6-13)10-16(23)20-7-8-21-17(24)14-11-26-18(22-14)15-2-1-9-25-15/h1-6,9,11H,7-8,10H2,(H,20,23)(H,21,24). The van der Waals surface area contributed by atoms with Crippen molar-refractivity contribution in [3.63, 3.8) is 0 Å². The fourth-order valence-corrected chi connectivity index (χ4v) is 3.82. The Morgan fingerprint density at radius 3 is 2.54 bits per heavy atom. The van der Waals surface area contributed by atoms with Gasteiger partial charge in [0.2, 0.25) is 5.91 Å². The van der Waals surface area contributed by atoms with E-state index in [0.29, 0.717) is 18.8 Å². The van der Waals surface area contributed by atoms with Crippen LogP contribution in [0.25, 0.3) is 9.88 Å². The Hall–Kier alpha value is -2.58. The normalized spacial score (nSPS) is 10.5. The van der Waals surface area contributed by atoms with Gasteiger partial charge in [-0.15, -0.1) is 22.7 Å². The molecular formula is C18H16FN3O2S2. The molecule has 2 aromatic heterocycles. The molecule has 1 aromatic carbocycles. The van der Waals surface area contributed by atoms with Crippen LogP contribution >= 0.6 is 22.7 Å². The summed E-state index contributed by atoms with van der Waals surface area (Å²) >= 11 is 3.00. The van der Waals surface area contributed by atoms with Crippen molar-refractivity contribution < 1.29 is 14.0 Å². The molecule has 3 rings (SSSR count). The van der Waals surface area contributed by atoms with Crippen molar-refractivity contribution in [3.8, 4) is 9.88 Å². The number of thiazole rings is 1. The molecule has 0 fully saturated rings. The summed E-state index contributed by atoms with van der Waals surface area (Å²) in [6.07, 6.45) is 0.171. The van der Waals surface area contributed by atoms with Crippen LogP contribution in [0.3, 0.4) is 0 Å². The Labute approximate surface area is 157 Å². The van der Waals surface area contributed by atoms with Gasteiger partial charge < -0.3 is 10.6 Å². The summed E-state index contributed by atoms with van der Waals surface area (Å²) in [5, 5.41) is 9.95. The Morgan fingerprint density at radius 1 is 1.04 bits per heavy atom. The van der Waals surface area contributed by atoms with Gasteiger partial charge in [-0.25, -0.2) is 9.37 Å². The zero-order chi connectivity index (χ0) is 18.4. The molecule has 0 aliphatic rings. The van der Waals surface area contributed by atoms with E-state index in [-0.39, 0.29) is 24.1 Å². The average Bonchev–Trinajstić information content (AvgIpc) is 3.31. The number of nitrogens with zero attached hydrogens (tertiary/aromatic N) is 1. The SMILES string of the molecule is O=C(Cc1ccc(F)cc1)NCCNC(=O)c1csc(-c2cccs2)n1. The van der Waals surface area contributed by atoms with Gasteiger partial charge in [0.05, 0.1) is 11.3 Å². The molecule has 5 nitrogen and oxygen atoms in total. The fourth-order valence-electron chi connectivity index (χ4n) is 2.21. The van der Waals surface area contributed by atoms with Crippen molar-refractivity contribution in [2.45, 2.75) is 6.42 Å². The number of benzene rings is 1. The molecule has 26 heavy (non-hydrogen) atoms. The van der Waals surface area contributed by atoms with E-state index < -0.39 is 0 Å². The van der Waals surface area contributed by atoms with Crippen LogP contribution in [0.5, 0.6) is 0 Å². The average molecular weight is 389 g/mol. The van der Waals surface area contributed by atoms with Gasteiger partial charge in [0, 0.05) is 18.5 Å². The first kappa shape index (κ1) is 18.2. The summed E-state index contributed by atoms with van der Waals surface area (Å²) in [5.41, 5.74) is 1.10. The maximum atomic E-state index is 12.8. The molecule has 0 aliphatic carbocycles. The minimum absolute atomic E-state index is 0.171. The van der Waals surface area contributed by atoms with Gasteiger partial charge in [0.15, 0.2) is 0 Å². The molecule has 0 unspecified atom stereocenters. The van der Waals surface area contributed by atoms with E-state index in [9.17, 15) is 14.0 Å². The zero-order valence-corrected chi connectivity index (χ0v) is 15.3. The number of carbonyl (C=O) groups is 2. The third-order valence-electron chi connectivity index (χ3n) is 3.48. The molecule has 0 saturated carbocycles. The smallest absolute Gasteiger partial charge is 0.270 e. The fraction of sp³-hybridized carbons (Fsp3) is 0.167. The van der Waals surface area contributed by atoms with Crippen LogP contribution in [0.4, 0.5) is 4.39 Å². The quantitative estimate of drug-likeness (QED) is 0.610. The van der Waals surface area contributed by atoms with Gasteiger partial charge in [-0.05, 0) is 29.1 Å². The first-order valence-corrected chi connectivity index (χ1v) is 9.66. The van der Waals surface area contributed by atoms with Crippen molar-refractivity contribution >= 4 is 34.5 Å². The van der Waals surface area contributed by atoms with Gasteiger partial charge in [-0.2, -0.15) is 0 Å². The molecule has 8 heteroatoms. The molecule has 134 valence electrons. The first-order valence-electron chi connectivity index (χ1n) is 7.90. The van der Waals surface area contributed by atoms with Crippen molar-refractivity contribution in [3.05, 3.63) is 64.2 Å². The Balaban J connectivity index is 1.40. The van der Waals surface area contributed by atoms with Gasteiger partial charge in [0.1, 0.15) is 16.5 Å². The number of thiophene rings is 1. The molecule has 2 amide bonds. The highest BCUT2D eigenvalue weighted by Gasteiger charge is 2.12. The summed E-state index contributed by atoms with van der Waals surface area (Å²) in [6.45, 7) is 0.619. The first-order chi connectivity index (χ1) is 12.6. The van der Waals surface area contributed by atoms with Crippen LogP contribution in [0.1, 0.15) is 16.1 Å². The molecule has 0 spiro atoms. The van der Waals surface area contributed by atoms with E-state index in [0.717, 1.165) is 15.4 Å². The van der Waals surface area contributed by atoms with Crippen LogP contribution in [-0.2, 0) is 11.2 Å². The summed E-state index contributed by atoms with van der Waals surface area (Å²) in [7, 11) is 0. The number of hydrogen-bond acceptors (Lipinski definition) is 5. The summed E-state index contributed by atoms with van der Waals surface area (Å²) < 4.78 is 12.8. The second kappa shape index (κ2) is 8.68. The third-order valence-corrected chi connectivity index (χ3v) is 5.36. The maximum absolute atomic E-state index is 12.8. The number of rotatable bonds is 7. The van der Waals surface area contributed by atoms with Crippen LogP contribution in [0, 0.1) is 5.82 Å². The Bertz CT molecular complexity index is 876. The van der Waals surface area contributed by atoms with E-state index in [1.165, 1.54) is 23.5 Å². The van der Waals surface area contributed by atoms with Crippen molar-refractivity contribution in [2.75, 3.05) is 13.1 Å². The molecule has 0 bridgehead atoms. The lowest BCUT2D eigenvalue weighted by Gasteiger charge is -2.06. The molecule has 2 N–H and O–H groups in total. The second-order valence-electron chi connectivity index (χ2n) is 5.42. The number of aromatic nitrogens is 1. The van der Waals surface area contributed by atoms with Crippen LogP contribution < -0.4 is 10.6 Å². The van der Waals surface area contributed by atoms with Crippen LogP contribution in [-0.4, -0.2) is 29.9 Å². The number of amides is 2. The Kier molecular flexibility index (Phi) is 6.08. The predicted molar refractivity (Wildman–Crippen MR) is 101 cm³/mol. The monoisotopic (exact) mass is 389 g/mol. The number of carbonyl (C=O) groups excluding carboxylic acids is 2. The lowest BCUT2D eigenvalue weighted by Crippen LogP contribution is -2.35. The second-order valence-corrected chi connectivity index (χ2v) is 7.23. The van der Waals surface area contributed by atoms with Gasteiger partial charge in [-0.1, -0.05) is 18.2 Å². The minimum Gasteiger partial charge on any atom is -0.354 e. The molecule has 2 heterocycles. The van der Waals surface area contributed by atoms with E-state index in [1.54, 1.807) is 28.8 Å². The van der Waals surface area contributed by atoms with Crippen LogP contribution in [0.15, 0.2) is 47.2 Å². The van der Waals surface area contributed by atoms with E-state index in [2.05, 4.69) is 15.6 Å². The van der Waals surface area contributed by atoms with Gasteiger partial charge >= 0.3 is 0 Å². The summed E-state index contributed by atoms with van der Waals surface area (Å²) in [5.74, 6) is -0.780. The van der Waals surface area contributed by atoms with Crippen molar-refractivity contribution in [1.29, 1.82) is 0 Å². The molecule has 0 atom stereocenters. The lowest BCUT2D eigenvalue weighted by molar-refractivity contribution is -0.120. The van der Waals surface area contributed by atoms with E-state index in [1.807, 2.05) is 17.5 Å². The predicted octanol–water partition coefficient (Wildman–Crippen LogP) is 3.10. The number of halogens is 1. The number of nitrogens with one attached hydrogen (secondary N) is 2.